The van der Waals surface area contributed by atoms with E-state index < -0.39 is 0 Å². The maximum absolute atomic E-state index is 12.9. The summed E-state index contributed by atoms with van der Waals surface area (Å²) in [5, 5.41) is 3.71. The standard InChI is InChI=1S/C12H15ClFNO/c1-12(2)7-15-6-11(16-12)9-4-3-8(14)5-10(9)13/h3-5,11,15H,6-7H2,1-2H3. The van der Waals surface area contributed by atoms with Crippen molar-refractivity contribution < 1.29 is 9.13 Å². The summed E-state index contributed by atoms with van der Waals surface area (Å²) in [5.74, 6) is -0.322. The summed E-state index contributed by atoms with van der Waals surface area (Å²) >= 11 is 6.01. The average Bonchev–Trinajstić information content (AvgIpc) is 2.15. The third-order valence-corrected chi connectivity index (χ3v) is 2.98. The van der Waals surface area contributed by atoms with Crippen LogP contribution in [-0.4, -0.2) is 18.7 Å². The van der Waals surface area contributed by atoms with Gasteiger partial charge in [-0.05, 0) is 26.0 Å². The lowest BCUT2D eigenvalue weighted by molar-refractivity contribution is -0.0958. The minimum Gasteiger partial charge on any atom is -0.365 e. The summed E-state index contributed by atoms with van der Waals surface area (Å²) in [5.41, 5.74) is 0.615. The highest BCUT2D eigenvalue weighted by molar-refractivity contribution is 6.31. The summed E-state index contributed by atoms with van der Waals surface area (Å²) in [6.45, 7) is 5.55. The zero-order valence-electron chi connectivity index (χ0n) is 9.39. The Morgan fingerprint density at radius 1 is 1.50 bits per heavy atom. The van der Waals surface area contributed by atoms with Crippen LogP contribution >= 0.6 is 11.6 Å². The Balaban J connectivity index is 2.23. The molecular weight excluding hydrogens is 229 g/mol. The molecule has 1 saturated heterocycles. The molecule has 0 radical (unpaired) electrons. The second-order valence-corrected chi connectivity index (χ2v) is 5.07. The molecule has 1 heterocycles. The van der Waals surface area contributed by atoms with E-state index in [-0.39, 0.29) is 17.5 Å². The molecule has 1 aromatic carbocycles. The topological polar surface area (TPSA) is 21.3 Å². The van der Waals surface area contributed by atoms with Crippen LogP contribution in [-0.2, 0) is 4.74 Å². The second-order valence-electron chi connectivity index (χ2n) is 4.66. The Bertz CT molecular complexity index is 395. The lowest BCUT2D eigenvalue weighted by Gasteiger charge is -2.37. The lowest BCUT2D eigenvalue weighted by Crippen LogP contribution is -2.46. The first kappa shape index (κ1) is 11.8. The number of hydrogen-bond acceptors (Lipinski definition) is 2. The van der Waals surface area contributed by atoms with Crippen molar-refractivity contribution in [3.8, 4) is 0 Å². The molecule has 2 nitrogen and oxygen atoms in total. The number of hydrogen-bond donors (Lipinski definition) is 1. The zero-order chi connectivity index (χ0) is 11.8. The van der Waals surface area contributed by atoms with Crippen LogP contribution in [0.25, 0.3) is 0 Å². The van der Waals surface area contributed by atoms with Crippen molar-refractivity contribution in [3.05, 3.63) is 34.6 Å². The van der Waals surface area contributed by atoms with Gasteiger partial charge in [-0.25, -0.2) is 4.39 Å². The van der Waals surface area contributed by atoms with E-state index in [4.69, 9.17) is 16.3 Å². The van der Waals surface area contributed by atoms with Gasteiger partial charge in [0.15, 0.2) is 0 Å². The quantitative estimate of drug-likeness (QED) is 0.819. The van der Waals surface area contributed by atoms with Gasteiger partial charge in [-0.2, -0.15) is 0 Å². The summed E-state index contributed by atoms with van der Waals surface area (Å²) in [7, 11) is 0. The van der Waals surface area contributed by atoms with E-state index >= 15 is 0 Å². The molecule has 2 rings (SSSR count). The van der Waals surface area contributed by atoms with Crippen LogP contribution in [0.5, 0.6) is 0 Å². The van der Waals surface area contributed by atoms with Crippen LogP contribution in [0.3, 0.4) is 0 Å². The molecule has 0 amide bonds. The molecule has 0 aliphatic carbocycles. The molecule has 1 aliphatic heterocycles. The summed E-state index contributed by atoms with van der Waals surface area (Å²) < 4.78 is 18.8. The first-order valence-electron chi connectivity index (χ1n) is 5.31. The van der Waals surface area contributed by atoms with Gasteiger partial charge in [-0.1, -0.05) is 17.7 Å². The molecule has 1 aromatic rings. The Kier molecular flexibility index (Phi) is 3.19. The number of ether oxygens (including phenoxy) is 1. The van der Waals surface area contributed by atoms with Crippen LogP contribution in [0.1, 0.15) is 25.5 Å². The van der Waals surface area contributed by atoms with Crippen molar-refractivity contribution in [1.29, 1.82) is 0 Å². The van der Waals surface area contributed by atoms with Crippen molar-refractivity contribution in [1.82, 2.24) is 5.32 Å². The number of morpholine rings is 1. The molecule has 0 bridgehead atoms. The van der Waals surface area contributed by atoms with Crippen molar-refractivity contribution in [2.75, 3.05) is 13.1 Å². The first-order chi connectivity index (χ1) is 7.48. The molecule has 4 heteroatoms. The molecule has 0 spiro atoms. The molecule has 0 saturated carbocycles. The molecule has 16 heavy (non-hydrogen) atoms. The predicted molar refractivity (Wildman–Crippen MR) is 62.2 cm³/mol. The zero-order valence-corrected chi connectivity index (χ0v) is 10.1. The van der Waals surface area contributed by atoms with Crippen molar-refractivity contribution >= 4 is 11.6 Å². The Morgan fingerprint density at radius 3 is 2.88 bits per heavy atom. The van der Waals surface area contributed by atoms with E-state index in [1.54, 1.807) is 6.07 Å². The van der Waals surface area contributed by atoms with Gasteiger partial charge in [0.1, 0.15) is 5.82 Å². The van der Waals surface area contributed by atoms with E-state index in [1.165, 1.54) is 12.1 Å². The maximum atomic E-state index is 12.9. The van der Waals surface area contributed by atoms with Crippen LogP contribution < -0.4 is 5.32 Å². The second kappa shape index (κ2) is 4.32. The monoisotopic (exact) mass is 243 g/mol. The van der Waals surface area contributed by atoms with Crippen LogP contribution in [0.2, 0.25) is 5.02 Å². The number of rotatable bonds is 1. The Hall–Kier alpha value is -0.640. The van der Waals surface area contributed by atoms with Gasteiger partial charge in [0, 0.05) is 23.7 Å². The van der Waals surface area contributed by atoms with Gasteiger partial charge in [-0.15, -0.1) is 0 Å². The molecule has 1 fully saturated rings. The minimum atomic E-state index is -0.322. The largest absolute Gasteiger partial charge is 0.365 e. The fraction of sp³-hybridized carbons (Fsp3) is 0.500. The van der Waals surface area contributed by atoms with Crippen molar-refractivity contribution in [2.24, 2.45) is 0 Å². The molecule has 0 aromatic heterocycles. The summed E-state index contributed by atoms with van der Waals surface area (Å²) in [4.78, 5) is 0. The predicted octanol–water partition coefficient (Wildman–Crippen LogP) is 2.92. The van der Waals surface area contributed by atoms with Gasteiger partial charge in [0.2, 0.25) is 0 Å². The SMILES string of the molecule is CC1(C)CNCC(c2ccc(F)cc2Cl)O1. The Morgan fingerprint density at radius 2 is 2.25 bits per heavy atom. The molecule has 1 unspecified atom stereocenters. The highest BCUT2D eigenvalue weighted by atomic mass is 35.5. The fourth-order valence-corrected chi connectivity index (χ4v) is 2.20. The Labute approximate surface area is 99.7 Å². The third kappa shape index (κ3) is 2.54. The highest BCUT2D eigenvalue weighted by Gasteiger charge is 2.30. The van der Waals surface area contributed by atoms with Crippen LogP contribution in [0, 0.1) is 5.82 Å². The van der Waals surface area contributed by atoms with Gasteiger partial charge < -0.3 is 10.1 Å². The minimum absolute atomic E-state index is 0.114. The van der Waals surface area contributed by atoms with Gasteiger partial charge in [-0.3, -0.25) is 0 Å². The van der Waals surface area contributed by atoms with E-state index in [2.05, 4.69) is 5.32 Å². The normalized spacial score (nSPS) is 24.4. The number of benzene rings is 1. The van der Waals surface area contributed by atoms with E-state index in [0.29, 0.717) is 11.6 Å². The number of halogens is 2. The van der Waals surface area contributed by atoms with Gasteiger partial charge in [0.05, 0.1) is 11.7 Å². The number of nitrogens with one attached hydrogen (secondary N) is 1. The average molecular weight is 244 g/mol. The van der Waals surface area contributed by atoms with E-state index in [0.717, 1.165) is 12.1 Å². The lowest BCUT2D eigenvalue weighted by atomic mass is 10.0. The van der Waals surface area contributed by atoms with Gasteiger partial charge >= 0.3 is 0 Å². The molecule has 1 N–H and O–H groups in total. The molecule has 88 valence electrons. The summed E-state index contributed by atoms with van der Waals surface area (Å²) in [6.07, 6.45) is -0.114. The molecular formula is C12H15ClFNO. The smallest absolute Gasteiger partial charge is 0.124 e. The van der Waals surface area contributed by atoms with Crippen LogP contribution in [0.4, 0.5) is 4.39 Å². The van der Waals surface area contributed by atoms with Crippen molar-refractivity contribution in [2.45, 2.75) is 25.6 Å². The fourth-order valence-electron chi connectivity index (χ4n) is 1.91. The summed E-state index contributed by atoms with van der Waals surface area (Å²) in [6, 6.07) is 4.42. The maximum Gasteiger partial charge on any atom is 0.124 e. The van der Waals surface area contributed by atoms with Crippen molar-refractivity contribution in [3.63, 3.8) is 0 Å². The van der Waals surface area contributed by atoms with Gasteiger partial charge in [0.25, 0.3) is 0 Å². The molecule has 1 atom stereocenters. The first-order valence-corrected chi connectivity index (χ1v) is 5.69. The van der Waals surface area contributed by atoms with E-state index in [1.807, 2.05) is 13.8 Å². The van der Waals surface area contributed by atoms with Crippen LogP contribution in [0.15, 0.2) is 18.2 Å². The molecule has 1 aliphatic rings. The van der Waals surface area contributed by atoms with E-state index in [9.17, 15) is 4.39 Å². The third-order valence-electron chi connectivity index (χ3n) is 2.65. The highest BCUT2D eigenvalue weighted by Crippen LogP contribution is 2.31.